The molecular formula is C13H16N3OY-. The Labute approximate surface area is 133 Å². The summed E-state index contributed by atoms with van der Waals surface area (Å²) in [5.41, 5.74) is 6.76. The van der Waals surface area contributed by atoms with Crippen LogP contribution in [0.1, 0.15) is 12.1 Å². The van der Waals surface area contributed by atoms with Gasteiger partial charge in [-0.15, -0.1) is 17.9 Å². The van der Waals surface area contributed by atoms with Crippen molar-refractivity contribution in [2.75, 3.05) is 38.6 Å². The molecule has 0 spiro atoms. The number of nitrogen functional groups attached to an aromatic ring is 1. The van der Waals surface area contributed by atoms with Crippen LogP contribution in [0.4, 0.5) is 5.69 Å². The van der Waals surface area contributed by atoms with E-state index in [9.17, 15) is 0 Å². The Morgan fingerprint density at radius 3 is 2.89 bits per heavy atom. The fourth-order valence-corrected chi connectivity index (χ4v) is 1.63. The molecule has 0 atom stereocenters. The molecule has 1 aromatic heterocycles. The molecule has 4 nitrogen and oxygen atoms in total. The van der Waals surface area contributed by atoms with Gasteiger partial charge in [-0.25, -0.2) is 0 Å². The van der Waals surface area contributed by atoms with Crippen LogP contribution in [0.15, 0.2) is 12.3 Å². The van der Waals surface area contributed by atoms with Crippen molar-refractivity contribution in [3.63, 3.8) is 0 Å². The van der Waals surface area contributed by atoms with Crippen molar-refractivity contribution in [2.24, 2.45) is 0 Å². The summed E-state index contributed by atoms with van der Waals surface area (Å²) in [6, 6.07) is 4.60. The molecule has 0 saturated carbocycles. The van der Waals surface area contributed by atoms with Crippen LogP contribution < -0.4 is 5.73 Å². The van der Waals surface area contributed by atoms with Gasteiger partial charge in [0.25, 0.3) is 0 Å². The summed E-state index contributed by atoms with van der Waals surface area (Å²) in [6.45, 7) is 4.68. The summed E-state index contributed by atoms with van der Waals surface area (Å²) in [6.07, 6.45) is 2.43. The topological polar surface area (TPSA) is 51.4 Å². The monoisotopic (exact) mass is 319 g/mol. The van der Waals surface area contributed by atoms with Crippen LogP contribution in [0.3, 0.4) is 0 Å². The molecule has 0 aliphatic carbocycles. The van der Waals surface area contributed by atoms with Gasteiger partial charge in [0.15, 0.2) is 0 Å². The van der Waals surface area contributed by atoms with Crippen LogP contribution in [0.5, 0.6) is 0 Å². The summed E-state index contributed by atoms with van der Waals surface area (Å²) in [5, 5.41) is 0. The normalized spacial score (nSPS) is 15.3. The summed E-state index contributed by atoms with van der Waals surface area (Å²) in [5.74, 6) is 6.12. The fraction of sp³-hybridized carbons (Fsp3) is 0.462. The third kappa shape index (κ3) is 5.45. The van der Waals surface area contributed by atoms with Gasteiger partial charge in [-0.1, -0.05) is 11.9 Å². The smallest absolute Gasteiger partial charge is 0.0594 e. The maximum Gasteiger partial charge on any atom is 0.0594 e. The van der Waals surface area contributed by atoms with E-state index in [1.54, 1.807) is 12.3 Å². The zero-order chi connectivity index (χ0) is 11.9. The molecule has 1 aromatic rings. The van der Waals surface area contributed by atoms with Gasteiger partial charge in [0, 0.05) is 58.8 Å². The van der Waals surface area contributed by atoms with Gasteiger partial charge < -0.3 is 15.5 Å². The number of aromatic nitrogens is 1. The number of ether oxygens (including phenoxy) is 1. The Morgan fingerprint density at radius 1 is 1.44 bits per heavy atom. The molecule has 1 aliphatic heterocycles. The Kier molecular flexibility index (Phi) is 7.45. The zero-order valence-corrected chi connectivity index (χ0v) is 13.2. The van der Waals surface area contributed by atoms with E-state index in [-0.39, 0.29) is 32.7 Å². The minimum Gasteiger partial charge on any atom is -0.418 e. The van der Waals surface area contributed by atoms with Crippen molar-refractivity contribution in [1.29, 1.82) is 0 Å². The van der Waals surface area contributed by atoms with Gasteiger partial charge in [0.2, 0.25) is 0 Å². The predicted molar refractivity (Wildman–Crippen MR) is 66.2 cm³/mol. The maximum absolute atomic E-state index is 5.49. The van der Waals surface area contributed by atoms with Crippen LogP contribution in [-0.4, -0.2) is 42.7 Å². The summed E-state index contributed by atoms with van der Waals surface area (Å²) in [7, 11) is 0. The first-order chi connectivity index (χ1) is 8.34. The summed E-state index contributed by atoms with van der Waals surface area (Å²) in [4.78, 5) is 6.46. The number of hydrogen-bond donors (Lipinski definition) is 1. The second kappa shape index (κ2) is 8.60. The quantitative estimate of drug-likeness (QED) is 0.638. The second-order valence-electron chi connectivity index (χ2n) is 3.89. The first-order valence-corrected chi connectivity index (χ1v) is 5.77. The molecule has 0 aromatic carbocycles. The van der Waals surface area contributed by atoms with E-state index in [2.05, 4.69) is 27.8 Å². The van der Waals surface area contributed by atoms with Crippen LogP contribution in [0.2, 0.25) is 0 Å². The first-order valence-electron chi connectivity index (χ1n) is 5.77. The van der Waals surface area contributed by atoms with Crippen LogP contribution in [-0.2, 0) is 37.4 Å². The molecule has 0 bridgehead atoms. The third-order valence-electron chi connectivity index (χ3n) is 2.59. The maximum atomic E-state index is 5.49. The minimum atomic E-state index is 0. The average Bonchev–Trinajstić information content (AvgIpc) is 2.38. The van der Waals surface area contributed by atoms with E-state index in [1.807, 2.05) is 0 Å². The summed E-state index contributed by atoms with van der Waals surface area (Å²) >= 11 is 0. The average molecular weight is 319 g/mol. The molecule has 2 N–H and O–H groups in total. The number of pyridine rings is 1. The number of rotatable bonds is 2. The molecule has 2 rings (SSSR count). The molecule has 1 aliphatic rings. The molecular weight excluding hydrogens is 303 g/mol. The molecule has 5 heteroatoms. The predicted octanol–water partition coefficient (Wildman–Crippen LogP) is 0.535. The van der Waals surface area contributed by atoms with Gasteiger partial charge in [-0.05, 0) is 5.69 Å². The molecule has 1 saturated heterocycles. The van der Waals surface area contributed by atoms with Crippen molar-refractivity contribution in [3.8, 4) is 11.8 Å². The minimum absolute atomic E-state index is 0. The zero-order valence-electron chi connectivity index (χ0n) is 10.4. The number of morpholine rings is 1. The standard InChI is InChI=1S/C13H16N3O.Y/c14-12-4-5-13(15-11-12)3-1-2-6-16-7-9-17-10-8-16;/h5,11H,2,6-10,14H2;/q-1;. The number of nitrogens with two attached hydrogens (primary N) is 1. The molecule has 0 amide bonds. The van der Waals surface area contributed by atoms with Gasteiger partial charge in [-0.3, -0.25) is 4.90 Å². The van der Waals surface area contributed by atoms with Crippen molar-refractivity contribution in [1.82, 2.24) is 9.88 Å². The SMILES string of the molecule is Nc1[c-]cc(C#CCCN2CCOCC2)nc1.[Y]. The summed E-state index contributed by atoms with van der Waals surface area (Å²) < 4.78 is 5.28. The van der Waals surface area contributed by atoms with Crippen molar-refractivity contribution >= 4 is 5.69 Å². The molecule has 1 radical (unpaired) electrons. The van der Waals surface area contributed by atoms with E-state index in [0.717, 1.165) is 45.0 Å². The third-order valence-corrected chi connectivity index (χ3v) is 2.59. The van der Waals surface area contributed by atoms with Crippen LogP contribution in [0.25, 0.3) is 0 Å². The van der Waals surface area contributed by atoms with E-state index in [0.29, 0.717) is 5.69 Å². The largest absolute Gasteiger partial charge is 0.418 e. The van der Waals surface area contributed by atoms with Crippen molar-refractivity contribution in [2.45, 2.75) is 6.42 Å². The molecule has 1 fully saturated rings. The first kappa shape index (κ1) is 15.6. The Morgan fingerprint density at radius 2 is 2.22 bits per heavy atom. The van der Waals surface area contributed by atoms with Crippen molar-refractivity contribution < 1.29 is 37.4 Å². The van der Waals surface area contributed by atoms with E-state index >= 15 is 0 Å². The van der Waals surface area contributed by atoms with Gasteiger partial charge in [-0.2, -0.15) is 6.07 Å². The Hall–Kier alpha value is -0.466. The van der Waals surface area contributed by atoms with Gasteiger partial charge in [0.1, 0.15) is 0 Å². The Balaban J connectivity index is 0.00000162. The number of nitrogens with zero attached hydrogens (tertiary/aromatic N) is 2. The van der Waals surface area contributed by atoms with Gasteiger partial charge in [0.05, 0.1) is 13.2 Å². The molecule has 93 valence electrons. The second-order valence-corrected chi connectivity index (χ2v) is 3.89. The van der Waals surface area contributed by atoms with Gasteiger partial charge >= 0.3 is 0 Å². The van der Waals surface area contributed by atoms with Crippen molar-refractivity contribution in [3.05, 3.63) is 24.0 Å². The van der Waals surface area contributed by atoms with E-state index in [4.69, 9.17) is 10.5 Å². The number of anilines is 1. The molecule has 18 heavy (non-hydrogen) atoms. The van der Waals surface area contributed by atoms with Crippen LogP contribution in [0, 0.1) is 17.9 Å². The fourth-order valence-electron chi connectivity index (χ4n) is 1.63. The van der Waals surface area contributed by atoms with E-state index < -0.39 is 0 Å². The van der Waals surface area contributed by atoms with E-state index in [1.165, 1.54) is 0 Å². The van der Waals surface area contributed by atoms with Crippen LogP contribution >= 0.6 is 0 Å². The Bertz CT molecular complexity index is 404. The number of hydrogen-bond acceptors (Lipinski definition) is 4. The molecule has 2 heterocycles. The molecule has 0 unspecified atom stereocenters.